The van der Waals surface area contributed by atoms with Gasteiger partial charge < -0.3 is 13.9 Å². The first kappa shape index (κ1) is 16.4. The van der Waals surface area contributed by atoms with Gasteiger partial charge in [0, 0.05) is 44.2 Å². The molecule has 0 bridgehead atoms. The van der Waals surface area contributed by atoms with Crippen molar-refractivity contribution >= 4 is 5.91 Å². The Hall–Kier alpha value is -2.04. The molecule has 1 aliphatic carbocycles. The lowest BCUT2D eigenvalue weighted by atomic mass is 10.0. The molecule has 0 aromatic carbocycles. The van der Waals surface area contributed by atoms with Crippen LogP contribution in [0.2, 0.25) is 0 Å². The number of rotatable bonds is 5. The Bertz CT molecular complexity index is 748. The largest absolute Gasteiger partial charge is 0.466 e. The highest BCUT2D eigenvalue weighted by molar-refractivity contribution is 5.76. The van der Waals surface area contributed by atoms with E-state index in [2.05, 4.69) is 22.5 Å². The summed E-state index contributed by atoms with van der Waals surface area (Å²) in [5.41, 5.74) is 0. The topological polar surface area (TPSA) is 51.3 Å². The number of piperidine rings is 1. The molecule has 5 heteroatoms. The first-order valence-electron chi connectivity index (χ1n) is 9.47. The second kappa shape index (κ2) is 6.70. The second-order valence-corrected chi connectivity index (χ2v) is 7.64. The summed E-state index contributed by atoms with van der Waals surface area (Å²) in [5.74, 6) is 4.66. The zero-order chi connectivity index (χ0) is 17.4. The van der Waals surface area contributed by atoms with Crippen molar-refractivity contribution in [3.05, 3.63) is 41.9 Å². The molecule has 1 amide bonds. The van der Waals surface area contributed by atoms with Gasteiger partial charge in [0.1, 0.15) is 17.3 Å². The number of furan rings is 1. The van der Waals surface area contributed by atoms with Crippen molar-refractivity contribution in [3.63, 3.8) is 0 Å². The van der Waals surface area contributed by atoms with E-state index in [1.807, 2.05) is 30.3 Å². The molecule has 2 aliphatic rings. The van der Waals surface area contributed by atoms with Gasteiger partial charge in [0.05, 0.1) is 6.04 Å². The van der Waals surface area contributed by atoms with Crippen molar-refractivity contribution in [3.8, 4) is 0 Å². The summed E-state index contributed by atoms with van der Waals surface area (Å²) < 4.78 is 8.13. The third-order valence-corrected chi connectivity index (χ3v) is 5.75. The van der Waals surface area contributed by atoms with Crippen molar-refractivity contribution in [2.24, 2.45) is 5.92 Å². The molecule has 5 nitrogen and oxygen atoms in total. The Labute approximate surface area is 149 Å². The smallest absolute Gasteiger partial charge is 0.223 e. The minimum Gasteiger partial charge on any atom is -0.466 e. The first-order chi connectivity index (χ1) is 12.1. The number of hydrogen-bond donors (Lipinski definition) is 0. The molecular formula is C20H27N3O2. The van der Waals surface area contributed by atoms with E-state index in [1.165, 1.54) is 6.42 Å². The van der Waals surface area contributed by atoms with Gasteiger partial charge in [-0.15, -0.1) is 0 Å². The summed E-state index contributed by atoms with van der Waals surface area (Å²) in [6.45, 7) is 5.94. The van der Waals surface area contributed by atoms with Gasteiger partial charge in [-0.1, -0.05) is 6.92 Å². The van der Waals surface area contributed by atoms with Crippen molar-refractivity contribution < 1.29 is 9.21 Å². The van der Waals surface area contributed by atoms with Gasteiger partial charge in [-0.05, 0) is 44.2 Å². The fraction of sp³-hybridized carbons (Fsp3) is 0.600. The number of carbonyl (C=O) groups excluding carboxylic acids is 1. The SMILES string of the molecule is Cc1nccn1[C@@H]1CCCN(C(=O)CCc2ccc([C@@H]3C[C@@H]3C)o2)C1. The molecule has 0 spiro atoms. The molecule has 3 heterocycles. The fourth-order valence-corrected chi connectivity index (χ4v) is 4.02. The Morgan fingerprint density at radius 1 is 1.40 bits per heavy atom. The van der Waals surface area contributed by atoms with Gasteiger partial charge >= 0.3 is 0 Å². The molecule has 1 saturated heterocycles. The first-order valence-corrected chi connectivity index (χ1v) is 9.47. The lowest BCUT2D eigenvalue weighted by molar-refractivity contribution is -0.132. The van der Waals surface area contributed by atoms with Crippen LogP contribution in [0.5, 0.6) is 0 Å². The zero-order valence-electron chi connectivity index (χ0n) is 15.1. The molecular weight excluding hydrogens is 314 g/mol. The molecule has 0 radical (unpaired) electrons. The maximum atomic E-state index is 12.6. The molecule has 0 N–H and O–H groups in total. The third-order valence-electron chi connectivity index (χ3n) is 5.75. The summed E-state index contributed by atoms with van der Waals surface area (Å²) in [5, 5.41) is 0. The van der Waals surface area contributed by atoms with E-state index in [1.54, 1.807) is 0 Å². The van der Waals surface area contributed by atoms with E-state index in [-0.39, 0.29) is 5.91 Å². The van der Waals surface area contributed by atoms with E-state index in [9.17, 15) is 4.79 Å². The maximum Gasteiger partial charge on any atom is 0.223 e. The van der Waals surface area contributed by atoms with Crippen LogP contribution >= 0.6 is 0 Å². The molecule has 1 saturated carbocycles. The molecule has 2 aromatic rings. The molecule has 134 valence electrons. The second-order valence-electron chi connectivity index (χ2n) is 7.64. The minimum absolute atomic E-state index is 0.236. The minimum atomic E-state index is 0.236. The van der Waals surface area contributed by atoms with Crippen LogP contribution in [0.4, 0.5) is 0 Å². The quantitative estimate of drug-likeness (QED) is 0.833. The number of amides is 1. The van der Waals surface area contributed by atoms with Crippen LogP contribution in [0.3, 0.4) is 0 Å². The highest BCUT2D eigenvalue weighted by atomic mass is 16.3. The van der Waals surface area contributed by atoms with Crippen molar-refractivity contribution in [2.45, 2.75) is 57.9 Å². The number of nitrogens with zero attached hydrogens (tertiary/aromatic N) is 3. The number of aromatic nitrogens is 2. The van der Waals surface area contributed by atoms with E-state index in [0.29, 0.717) is 24.8 Å². The highest BCUT2D eigenvalue weighted by Gasteiger charge is 2.36. The summed E-state index contributed by atoms with van der Waals surface area (Å²) in [4.78, 5) is 19.0. The lowest BCUT2D eigenvalue weighted by Gasteiger charge is -2.34. The standard InChI is InChI=1S/C20H27N3O2/c1-14-12-18(14)19-7-5-17(25-19)6-8-20(24)22-10-3-4-16(13-22)23-11-9-21-15(23)2/h5,7,9,11,14,16,18H,3-4,6,8,10,12-13H2,1-2H3/t14-,16+,18+/m0/s1. The van der Waals surface area contributed by atoms with Crippen LogP contribution in [0.1, 0.15) is 61.9 Å². The summed E-state index contributed by atoms with van der Waals surface area (Å²) in [6.07, 6.45) is 8.49. The molecule has 25 heavy (non-hydrogen) atoms. The van der Waals surface area contributed by atoms with Crippen LogP contribution in [-0.4, -0.2) is 33.4 Å². The third kappa shape index (κ3) is 3.51. The average molecular weight is 341 g/mol. The number of likely N-dealkylation sites (tertiary alicyclic amines) is 1. The predicted molar refractivity (Wildman–Crippen MR) is 95.4 cm³/mol. The van der Waals surface area contributed by atoms with Crippen molar-refractivity contribution in [1.82, 2.24) is 14.5 Å². The van der Waals surface area contributed by atoms with Gasteiger partial charge in [-0.3, -0.25) is 4.79 Å². The van der Waals surface area contributed by atoms with Gasteiger partial charge in [0.2, 0.25) is 5.91 Å². The number of hydrogen-bond acceptors (Lipinski definition) is 3. The molecule has 2 fully saturated rings. The summed E-state index contributed by atoms with van der Waals surface area (Å²) in [7, 11) is 0. The normalized spacial score (nSPS) is 26.0. The Balaban J connectivity index is 1.31. The summed E-state index contributed by atoms with van der Waals surface area (Å²) >= 11 is 0. The van der Waals surface area contributed by atoms with Gasteiger partial charge in [-0.2, -0.15) is 0 Å². The maximum absolute atomic E-state index is 12.6. The predicted octanol–water partition coefficient (Wildman–Crippen LogP) is 3.70. The molecule has 0 unspecified atom stereocenters. The van der Waals surface area contributed by atoms with E-state index in [4.69, 9.17) is 4.42 Å². The molecule has 2 aromatic heterocycles. The van der Waals surface area contributed by atoms with Gasteiger partial charge in [-0.25, -0.2) is 4.98 Å². The monoisotopic (exact) mass is 341 g/mol. The van der Waals surface area contributed by atoms with E-state index < -0.39 is 0 Å². The number of carbonyl (C=O) groups is 1. The highest BCUT2D eigenvalue weighted by Crippen LogP contribution is 2.47. The molecule has 4 rings (SSSR count). The molecule has 1 aliphatic heterocycles. The Morgan fingerprint density at radius 2 is 2.24 bits per heavy atom. The van der Waals surface area contributed by atoms with Gasteiger partial charge in [0.25, 0.3) is 0 Å². The fourth-order valence-electron chi connectivity index (χ4n) is 4.02. The van der Waals surface area contributed by atoms with Crippen molar-refractivity contribution in [2.75, 3.05) is 13.1 Å². The lowest BCUT2D eigenvalue weighted by Crippen LogP contribution is -2.40. The summed E-state index contributed by atoms with van der Waals surface area (Å²) in [6, 6.07) is 4.49. The van der Waals surface area contributed by atoms with Crippen LogP contribution < -0.4 is 0 Å². The van der Waals surface area contributed by atoms with Crippen molar-refractivity contribution in [1.29, 1.82) is 0 Å². The van der Waals surface area contributed by atoms with Crippen LogP contribution in [-0.2, 0) is 11.2 Å². The Kier molecular flexibility index (Phi) is 4.40. The van der Waals surface area contributed by atoms with Gasteiger partial charge in [0.15, 0.2) is 0 Å². The van der Waals surface area contributed by atoms with E-state index in [0.717, 1.165) is 49.2 Å². The Morgan fingerprint density at radius 3 is 2.96 bits per heavy atom. The number of imidazole rings is 1. The zero-order valence-corrected chi connectivity index (χ0v) is 15.1. The van der Waals surface area contributed by atoms with Crippen LogP contribution in [0, 0.1) is 12.8 Å². The molecule has 3 atom stereocenters. The number of aryl methyl sites for hydroxylation is 2. The average Bonchev–Trinajstić information content (AvgIpc) is 3.02. The van der Waals surface area contributed by atoms with E-state index >= 15 is 0 Å². The van der Waals surface area contributed by atoms with Crippen LogP contribution in [0.25, 0.3) is 0 Å². The van der Waals surface area contributed by atoms with Crippen LogP contribution in [0.15, 0.2) is 28.9 Å².